The summed E-state index contributed by atoms with van der Waals surface area (Å²) in [5.74, 6) is 1.30. The Morgan fingerprint density at radius 1 is 1.03 bits per heavy atom. The van der Waals surface area contributed by atoms with Gasteiger partial charge in [-0.05, 0) is 54.6 Å². The molecule has 1 aromatic rings. The van der Waals surface area contributed by atoms with Crippen molar-refractivity contribution in [2.45, 2.75) is 97.1 Å². The zero-order valence-electron chi connectivity index (χ0n) is 19.9. The van der Waals surface area contributed by atoms with Gasteiger partial charge in [-0.2, -0.15) is 0 Å². The quantitative estimate of drug-likeness (QED) is 0.555. The van der Waals surface area contributed by atoms with Crippen LogP contribution in [0.25, 0.3) is 0 Å². The molecule has 1 aliphatic carbocycles. The first-order valence-corrected chi connectivity index (χ1v) is 14.0. The molecule has 2 fully saturated rings. The first-order chi connectivity index (χ1) is 14.6. The van der Waals surface area contributed by atoms with Gasteiger partial charge >= 0.3 is 0 Å². The van der Waals surface area contributed by atoms with E-state index in [1.165, 1.54) is 24.8 Å². The van der Waals surface area contributed by atoms with Crippen molar-refractivity contribution in [1.82, 2.24) is 4.90 Å². The first-order valence-electron chi connectivity index (χ1n) is 12.2. The normalized spacial score (nSPS) is 26.0. The lowest BCUT2D eigenvalue weighted by Crippen LogP contribution is -2.44. The monoisotopic (exact) mass is 447 g/mol. The summed E-state index contributed by atoms with van der Waals surface area (Å²) in [4.78, 5) is 15.5. The Morgan fingerprint density at radius 2 is 1.68 bits per heavy atom. The van der Waals surface area contributed by atoms with Crippen LogP contribution in [0.3, 0.4) is 0 Å². The highest BCUT2D eigenvalue weighted by atomic mass is 32.2. The van der Waals surface area contributed by atoms with Gasteiger partial charge in [0.25, 0.3) is 0 Å². The topological polar surface area (TPSA) is 54.5 Å². The van der Waals surface area contributed by atoms with Crippen LogP contribution in [0.1, 0.15) is 90.2 Å². The lowest BCUT2D eigenvalue weighted by Gasteiger charge is -2.35. The van der Waals surface area contributed by atoms with Crippen molar-refractivity contribution < 1.29 is 13.2 Å². The fraction of sp³-hybridized carbons (Fsp3) is 0.731. The maximum atomic E-state index is 13.6. The Hall–Kier alpha value is -1.36. The predicted octanol–water partition coefficient (Wildman–Crippen LogP) is 5.50. The SMILES string of the molecule is CCCCC1CCC(C(=O)N(Cc2ccc(C(C)(C)C)cc2)[C@H]2CCS(=O)(=O)C2)CC1. The molecular weight excluding hydrogens is 406 g/mol. The molecule has 3 rings (SSSR count). The number of unbranched alkanes of at least 4 members (excludes halogenated alkanes) is 1. The number of carbonyl (C=O) groups excluding carboxylic acids is 1. The molecule has 0 spiro atoms. The van der Waals surface area contributed by atoms with E-state index in [2.05, 4.69) is 52.0 Å². The van der Waals surface area contributed by atoms with Gasteiger partial charge in [0.05, 0.1) is 11.5 Å². The second-order valence-corrected chi connectivity index (χ2v) is 13.1. The predicted molar refractivity (Wildman–Crippen MR) is 128 cm³/mol. The van der Waals surface area contributed by atoms with Crippen LogP contribution >= 0.6 is 0 Å². The van der Waals surface area contributed by atoms with E-state index < -0.39 is 9.84 Å². The second-order valence-electron chi connectivity index (χ2n) is 10.8. The number of carbonyl (C=O) groups is 1. The highest BCUT2D eigenvalue weighted by molar-refractivity contribution is 7.91. The van der Waals surface area contributed by atoms with Gasteiger partial charge in [-0.25, -0.2) is 8.42 Å². The van der Waals surface area contributed by atoms with Gasteiger partial charge in [-0.3, -0.25) is 4.79 Å². The van der Waals surface area contributed by atoms with E-state index in [0.717, 1.165) is 37.2 Å². The van der Waals surface area contributed by atoms with Crippen LogP contribution in [0.15, 0.2) is 24.3 Å². The molecule has 0 radical (unpaired) electrons. The lowest BCUT2D eigenvalue weighted by atomic mass is 9.79. The highest BCUT2D eigenvalue weighted by Gasteiger charge is 2.38. The van der Waals surface area contributed by atoms with E-state index in [1.54, 1.807) is 0 Å². The molecule has 31 heavy (non-hydrogen) atoms. The largest absolute Gasteiger partial charge is 0.334 e. The zero-order valence-corrected chi connectivity index (χ0v) is 20.7. The van der Waals surface area contributed by atoms with Crippen LogP contribution in [0.5, 0.6) is 0 Å². The average molecular weight is 448 g/mol. The maximum absolute atomic E-state index is 13.6. The van der Waals surface area contributed by atoms with Crippen molar-refractivity contribution in [3.05, 3.63) is 35.4 Å². The van der Waals surface area contributed by atoms with Crippen molar-refractivity contribution in [3.63, 3.8) is 0 Å². The van der Waals surface area contributed by atoms with Crippen LogP contribution in [0.4, 0.5) is 0 Å². The zero-order chi connectivity index (χ0) is 22.6. The highest BCUT2D eigenvalue weighted by Crippen LogP contribution is 2.34. The summed E-state index contributed by atoms with van der Waals surface area (Å²) in [7, 11) is -3.04. The number of rotatable bonds is 7. The summed E-state index contributed by atoms with van der Waals surface area (Å²) in [5, 5.41) is 0. The van der Waals surface area contributed by atoms with Gasteiger partial charge in [-0.1, -0.05) is 71.2 Å². The summed E-state index contributed by atoms with van der Waals surface area (Å²) in [6.07, 6.45) is 8.53. The smallest absolute Gasteiger partial charge is 0.226 e. The van der Waals surface area contributed by atoms with Crippen LogP contribution in [-0.4, -0.2) is 36.8 Å². The number of sulfone groups is 1. The summed E-state index contributed by atoms with van der Waals surface area (Å²) >= 11 is 0. The van der Waals surface area contributed by atoms with E-state index in [9.17, 15) is 13.2 Å². The Bertz CT molecular complexity index is 830. The Morgan fingerprint density at radius 3 is 2.19 bits per heavy atom. The minimum Gasteiger partial charge on any atom is -0.334 e. The molecule has 0 unspecified atom stereocenters. The third kappa shape index (κ3) is 6.57. The summed E-state index contributed by atoms with van der Waals surface area (Å²) in [6.45, 7) is 9.32. The van der Waals surface area contributed by atoms with Crippen molar-refractivity contribution in [3.8, 4) is 0 Å². The van der Waals surface area contributed by atoms with E-state index in [4.69, 9.17) is 0 Å². The number of nitrogens with zero attached hydrogens (tertiary/aromatic N) is 1. The molecule has 1 saturated heterocycles. The number of hydrogen-bond donors (Lipinski definition) is 0. The molecule has 1 amide bonds. The molecule has 4 nitrogen and oxygen atoms in total. The molecule has 1 atom stereocenters. The minimum absolute atomic E-state index is 0.0510. The third-order valence-corrected chi connectivity index (χ3v) is 9.02. The van der Waals surface area contributed by atoms with Crippen LogP contribution in [-0.2, 0) is 26.6 Å². The van der Waals surface area contributed by atoms with Crippen LogP contribution < -0.4 is 0 Å². The first kappa shape index (κ1) is 24.3. The molecule has 174 valence electrons. The van der Waals surface area contributed by atoms with Crippen LogP contribution in [0.2, 0.25) is 0 Å². The molecule has 1 aliphatic heterocycles. The number of amides is 1. The van der Waals surface area contributed by atoms with Gasteiger partial charge in [0.1, 0.15) is 0 Å². The summed E-state index contributed by atoms with van der Waals surface area (Å²) < 4.78 is 24.3. The van der Waals surface area contributed by atoms with E-state index in [-0.39, 0.29) is 34.8 Å². The lowest BCUT2D eigenvalue weighted by molar-refractivity contribution is -0.139. The third-order valence-electron chi connectivity index (χ3n) is 7.27. The maximum Gasteiger partial charge on any atom is 0.226 e. The molecular formula is C26H41NO3S. The van der Waals surface area contributed by atoms with Gasteiger partial charge in [-0.15, -0.1) is 0 Å². The van der Waals surface area contributed by atoms with Gasteiger partial charge in [0.2, 0.25) is 5.91 Å². The van der Waals surface area contributed by atoms with Gasteiger partial charge in [0, 0.05) is 18.5 Å². The van der Waals surface area contributed by atoms with Crippen molar-refractivity contribution >= 4 is 15.7 Å². The molecule has 0 bridgehead atoms. The fourth-order valence-corrected chi connectivity index (χ4v) is 6.87. The van der Waals surface area contributed by atoms with Crippen LogP contribution in [0, 0.1) is 11.8 Å². The molecule has 1 aromatic carbocycles. The van der Waals surface area contributed by atoms with Gasteiger partial charge < -0.3 is 4.90 Å². The van der Waals surface area contributed by atoms with E-state index >= 15 is 0 Å². The molecule has 0 aromatic heterocycles. The molecule has 2 aliphatic rings. The van der Waals surface area contributed by atoms with Crippen molar-refractivity contribution in [1.29, 1.82) is 0 Å². The van der Waals surface area contributed by atoms with E-state index in [1.807, 2.05) is 4.90 Å². The molecule has 5 heteroatoms. The number of hydrogen-bond acceptors (Lipinski definition) is 3. The minimum atomic E-state index is -3.04. The fourth-order valence-electron chi connectivity index (χ4n) is 5.14. The van der Waals surface area contributed by atoms with E-state index in [0.29, 0.717) is 13.0 Å². The standard InChI is InChI=1S/C26H41NO3S/c1-5-6-7-20-8-12-22(13-9-20)25(28)27(24-16-17-31(29,30)19-24)18-21-10-14-23(15-11-21)26(2,3)4/h10-11,14-15,20,22,24H,5-9,12-13,16-19H2,1-4H3/t20?,22?,24-/m0/s1. The average Bonchev–Trinajstić information content (AvgIpc) is 3.09. The van der Waals surface area contributed by atoms with Crippen molar-refractivity contribution in [2.75, 3.05) is 11.5 Å². The molecule has 1 saturated carbocycles. The Kier molecular flexibility index (Phi) is 7.88. The summed E-state index contributed by atoms with van der Waals surface area (Å²) in [6, 6.07) is 8.31. The van der Waals surface area contributed by atoms with Gasteiger partial charge in [0.15, 0.2) is 9.84 Å². The molecule has 1 heterocycles. The molecule has 0 N–H and O–H groups in total. The van der Waals surface area contributed by atoms with Crippen molar-refractivity contribution in [2.24, 2.45) is 11.8 Å². The Labute approximate surface area is 189 Å². The Balaban J connectivity index is 1.72. The summed E-state index contributed by atoms with van der Waals surface area (Å²) in [5.41, 5.74) is 2.44. The second kappa shape index (κ2) is 10.1. The number of benzene rings is 1.